The van der Waals surface area contributed by atoms with E-state index in [1.165, 1.54) is 18.4 Å². The Balaban J connectivity index is 1.55. The van der Waals surface area contributed by atoms with Gasteiger partial charge in [-0.05, 0) is 50.5 Å². The molecule has 2 aromatic heterocycles. The third-order valence-electron chi connectivity index (χ3n) is 5.29. The summed E-state index contributed by atoms with van der Waals surface area (Å²) in [6, 6.07) is 4.21. The molecule has 1 N–H and O–H groups in total. The first-order valence-electron chi connectivity index (χ1n) is 8.88. The molecule has 0 spiro atoms. The van der Waals surface area contributed by atoms with Gasteiger partial charge < -0.3 is 19.5 Å². The number of likely N-dealkylation sites (N-methyl/N-ethyl adjacent to an activating group) is 1. The minimum Gasteiger partial charge on any atom is -0.335 e. The van der Waals surface area contributed by atoms with E-state index in [9.17, 15) is 4.79 Å². The Kier molecular flexibility index (Phi) is 4.24. The number of nitrogens with zero attached hydrogens (tertiary/aromatic N) is 4. The maximum Gasteiger partial charge on any atom is 0.274 e. The third kappa shape index (κ3) is 3.03. The van der Waals surface area contributed by atoms with Crippen molar-refractivity contribution in [1.29, 1.82) is 0 Å². The van der Waals surface area contributed by atoms with E-state index >= 15 is 0 Å². The van der Waals surface area contributed by atoms with Crippen LogP contribution in [0.5, 0.6) is 0 Å². The molecule has 1 amide bonds. The van der Waals surface area contributed by atoms with Gasteiger partial charge in [0.15, 0.2) is 0 Å². The molecule has 2 aliphatic heterocycles. The van der Waals surface area contributed by atoms with Crippen LogP contribution in [-0.4, -0.2) is 71.4 Å². The average Bonchev–Trinajstić information content (AvgIpc) is 3.06. The zero-order valence-corrected chi connectivity index (χ0v) is 14.2. The summed E-state index contributed by atoms with van der Waals surface area (Å²) in [7, 11) is 2.09. The second-order valence-corrected chi connectivity index (χ2v) is 6.97. The number of nitrogens with one attached hydrogen (secondary N) is 1. The number of amides is 1. The minimum absolute atomic E-state index is 0.0511. The molecule has 0 radical (unpaired) electrons. The third-order valence-corrected chi connectivity index (χ3v) is 5.29. The number of hydrogen-bond donors (Lipinski definition) is 1. The number of hydrogen-bond acceptors (Lipinski definition) is 4. The van der Waals surface area contributed by atoms with Gasteiger partial charge in [-0.1, -0.05) is 6.07 Å². The first-order valence-corrected chi connectivity index (χ1v) is 8.88. The van der Waals surface area contributed by atoms with E-state index in [-0.39, 0.29) is 5.91 Å². The number of piperazine rings is 1. The fourth-order valence-electron chi connectivity index (χ4n) is 3.68. The molecular weight excluding hydrogens is 302 g/mol. The molecule has 24 heavy (non-hydrogen) atoms. The lowest BCUT2D eigenvalue weighted by Crippen LogP contribution is -2.47. The molecule has 0 aliphatic carbocycles. The second kappa shape index (κ2) is 6.53. The number of carbonyl (C=O) groups excluding carboxylic acids is 1. The molecule has 0 saturated carbocycles. The zero-order valence-electron chi connectivity index (χ0n) is 14.2. The van der Waals surface area contributed by atoms with Gasteiger partial charge in [-0.25, -0.2) is 4.98 Å². The number of rotatable bonds is 2. The SMILES string of the molecule is CN1CCN(C(=O)c2cn3cc(C4CCNCC4)ccc3n2)CC1. The number of pyridine rings is 1. The van der Waals surface area contributed by atoms with E-state index in [0.29, 0.717) is 11.6 Å². The van der Waals surface area contributed by atoms with Crippen molar-refractivity contribution in [1.82, 2.24) is 24.5 Å². The molecule has 2 fully saturated rings. The van der Waals surface area contributed by atoms with Crippen molar-refractivity contribution in [2.45, 2.75) is 18.8 Å². The molecular formula is C18H25N5O. The smallest absolute Gasteiger partial charge is 0.274 e. The van der Waals surface area contributed by atoms with E-state index < -0.39 is 0 Å². The van der Waals surface area contributed by atoms with Crippen LogP contribution >= 0.6 is 0 Å². The lowest BCUT2D eigenvalue weighted by Gasteiger charge is -2.31. The van der Waals surface area contributed by atoms with Gasteiger partial charge in [0, 0.05) is 38.6 Å². The Labute approximate surface area is 142 Å². The summed E-state index contributed by atoms with van der Waals surface area (Å²) < 4.78 is 2.01. The summed E-state index contributed by atoms with van der Waals surface area (Å²) in [5, 5.41) is 3.41. The highest BCUT2D eigenvalue weighted by molar-refractivity contribution is 5.93. The highest BCUT2D eigenvalue weighted by Crippen LogP contribution is 2.25. The number of imidazole rings is 1. The van der Waals surface area contributed by atoms with Crippen molar-refractivity contribution in [3.05, 3.63) is 35.8 Å². The molecule has 6 heteroatoms. The molecule has 2 saturated heterocycles. The highest BCUT2D eigenvalue weighted by Gasteiger charge is 2.23. The minimum atomic E-state index is 0.0511. The van der Waals surface area contributed by atoms with Crippen LogP contribution in [0.15, 0.2) is 24.5 Å². The lowest BCUT2D eigenvalue weighted by atomic mass is 9.91. The summed E-state index contributed by atoms with van der Waals surface area (Å²) in [5.74, 6) is 0.657. The van der Waals surface area contributed by atoms with Crippen molar-refractivity contribution in [2.24, 2.45) is 0 Å². The maximum atomic E-state index is 12.7. The van der Waals surface area contributed by atoms with Crippen LogP contribution in [-0.2, 0) is 0 Å². The van der Waals surface area contributed by atoms with Gasteiger partial charge >= 0.3 is 0 Å². The van der Waals surface area contributed by atoms with Crippen LogP contribution < -0.4 is 5.32 Å². The van der Waals surface area contributed by atoms with E-state index in [0.717, 1.165) is 44.9 Å². The fraction of sp³-hybridized carbons (Fsp3) is 0.556. The Hall–Kier alpha value is -1.92. The summed E-state index contributed by atoms with van der Waals surface area (Å²) >= 11 is 0. The molecule has 2 aromatic rings. The monoisotopic (exact) mass is 327 g/mol. The van der Waals surface area contributed by atoms with E-state index in [1.54, 1.807) is 0 Å². The Morgan fingerprint density at radius 1 is 1.12 bits per heavy atom. The number of aromatic nitrogens is 2. The summed E-state index contributed by atoms with van der Waals surface area (Å²) in [5.41, 5.74) is 2.76. The predicted octanol–water partition coefficient (Wildman–Crippen LogP) is 1.19. The second-order valence-electron chi connectivity index (χ2n) is 6.97. The molecule has 4 rings (SSSR count). The van der Waals surface area contributed by atoms with Gasteiger partial charge in [0.1, 0.15) is 11.3 Å². The van der Waals surface area contributed by atoms with Crippen molar-refractivity contribution < 1.29 is 4.79 Å². The standard InChI is InChI=1S/C18H25N5O/c1-21-8-10-22(11-9-21)18(24)16-13-23-12-15(2-3-17(23)20-16)14-4-6-19-7-5-14/h2-3,12-14,19H,4-11H2,1H3. The molecule has 0 atom stereocenters. The summed E-state index contributed by atoms with van der Waals surface area (Å²) in [6.45, 7) is 5.59. The Morgan fingerprint density at radius 3 is 2.62 bits per heavy atom. The number of piperidine rings is 1. The van der Waals surface area contributed by atoms with Crippen LogP contribution in [0.1, 0.15) is 34.8 Å². The lowest BCUT2D eigenvalue weighted by molar-refractivity contribution is 0.0659. The van der Waals surface area contributed by atoms with Crippen molar-refractivity contribution in [2.75, 3.05) is 46.3 Å². The largest absolute Gasteiger partial charge is 0.335 e. The molecule has 6 nitrogen and oxygen atoms in total. The fourth-order valence-corrected chi connectivity index (χ4v) is 3.68. The Bertz CT molecular complexity index is 726. The van der Waals surface area contributed by atoms with Crippen LogP contribution in [0.3, 0.4) is 0 Å². The van der Waals surface area contributed by atoms with E-state index in [4.69, 9.17) is 0 Å². The molecule has 0 aromatic carbocycles. The van der Waals surface area contributed by atoms with Gasteiger partial charge in [-0.2, -0.15) is 0 Å². The summed E-state index contributed by atoms with van der Waals surface area (Å²) in [6.07, 6.45) is 6.39. The quantitative estimate of drug-likeness (QED) is 0.900. The van der Waals surface area contributed by atoms with Gasteiger partial charge in [-0.15, -0.1) is 0 Å². The van der Waals surface area contributed by atoms with Crippen molar-refractivity contribution >= 4 is 11.6 Å². The molecule has 0 unspecified atom stereocenters. The van der Waals surface area contributed by atoms with E-state index in [2.05, 4.69) is 34.5 Å². The highest BCUT2D eigenvalue weighted by atomic mass is 16.2. The zero-order chi connectivity index (χ0) is 16.5. The van der Waals surface area contributed by atoms with Gasteiger partial charge in [-0.3, -0.25) is 4.79 Å². The topological polar surface area (TPSA) is 52.9 Å². The predicted molar refractivity (Wildman–Crippen MR) is 93.4 cm³/mol. The number of fused-ring (bicyclic) bond motifs is 1. The molecule has 2 aliphatic rings. The van der Waals surface area contributed by atoms with E-state index in [1.807, 2.05) is 21.6 Å². The Morgan fingerprint density at radius 2 is 1.88 bits per heavy atom. The van der Waals surface area contributed by atoms with Crippen LogP contribution in [0.25, 0.3) is 5.65 Å². The first kappa shape index (κ1) is 15.6. The number of carbonyl (C=O) groups is 1. The average molecular weight is 327 g/mol. The molecule has 0 bridgehead atoms. The van der Waals surface area contributed by atoms with Crippen molar-refractivity contribution in [3.63, 3.8) is 0 Å². The maximum absolute atomic E-state index is 12.7. The van der Waals surface area contributed by atoms with Gasteiger partial charge in [0.2, 0.25) is 0 Å². The first-order chi connectivity index (χ1) is 11.7. The molecule has 4 heterocycles. The normalized spacial score (nSPS) is 20.6. The molecule has 128 valence electrons. The van der Waals surface area contributed by atoms with Gasteiger partial charge in [0.25, 0.3) is 5.91 Å². The summed E-state index contributed by atoms with van der Waals surface area (Å²) in [4.78, 5) is 21.4. The van der Waals surface area contributed by atoms with Crippen LogP contribution in [0.4, 0.5) is 0 Å². The van der Waals surface area contributed by atoms with Gasteiger partial charge in [0.05, 0.1) is 0 Å². The van der Waals surface area contributed by atoms with Crippen LogP contribution in [0, 0.1) is 0 Å². The van der Waals surface area contributed by atoms with Crippen LogP contribution in [0.2, 0.25) is 0 Å². The van der Waals surface area contributed by atoms with Crippen molar-refractivity contribution in [3.8, 4) is 0 Å².